The second-order valence-corrected chi connectivity index (χ2v) is 5.15. The van der Waals surface area contributed by atoms with Gasteiger partial charge >= 0.3 is 5.97 Å². The van der Waals surface area contributed by atoms with Crippen LogP contribution in [-0.4, -0.2) is 37.0 Å². The number of ether oxygens (including phenoxy) is 1. The predicted molar refractivity (Wildman–Crippen MR) is 83.7 cm³/mol. The molecule has 5 heteroatoms. The molecule has 0 saturated carbocycles. The highest BCUT2D eigenvalue weighted by molar-refractivity contribution is 5.96. The SMILES string of the molecule is COC(=O)[C@H](Cc1ccccc1)NC(=O)C1=CN(C)C=CC1. The maximum absolute atomic E-state index is 12.3. The lowest BCUT2D eigenvalue weighted by Crippen LogP contribution is -2.43. The lowest BCUT2D eigenvalue weighted by atomic mass is 10.0. The van der Waals surface area contributed by atoms with Crippen LogP contribution in [-0.2, 0) is 20.7 Å². The third-order valence-corrected chi connectivity index (χ3v) is 3.40. The standard InChI is InChI=1S/C17H20N2O3/c1-19-10-6-9-14(12-19)16(20)18-15(17(21)22-2)11-13-7-4-3-5-8-13/h3-8,10,12,15H,9,11H2,1-2H3,(H,18,20)/t15-/m0/s1. The number of benzene rings is 1. The first-order valence-electron chi connectivity index (χ1n) is 7.12. The summed E-state index contributed by atoms with van der Waals surface area (Å²) in [6.07, 6.45) is 6.50. The number of amides is 1. The summed E-state index contributed by atoms with van der Waals surface area (Å²) in [6.45, 7) is 0. The van der Waals surface area contributed by atoms with E-state index in [0.29, 0.717) is 18.4 Å². The van der Waals surface area contributed by atoms with E-state index in [0.717, 1.165) is 5.56 Å². The quantitative estimate of drug-likeness (QED) is 0.840. The molecule has 1 aromatic carbocycles. The maximum Gasteiger partial charge on any atom is 0.328 e. The van der Waals surface area contributed by atoms with Crippen molar-refractivity contribution in [3.05, 3.63) is 59.9 Å². The first-order chi connectivity index (χ1) is 10.6. The van der Waals surface area contributed by atoms with Crippen LogP contribution in [0.15, 0.2) is 54.4 Å². The van der Waals surface area contributed by atoms with Crippen molar-refractivity contribution < 1.29 is 14.3 Å². The molecular formula is C17H20N2O3. The number of nitrogens with zero attached hydrogens (tertiary/aromatic N) is 1. The lowest BCUT2D eigenvalue weighted by Gasteiger charge is -2.20. The second kappa shape index (κ2) is 7.45. The van der Waals surface area contributed by atoms with Crippen LogP contribution in [0.4, 0.5) is 0 Å². The Labute approximate surface area is 130 Å². The van der Waals surface area contributed by atoms with Crippen LogP contribution < -0.4 is 5.32 Å². The van der Waals surface area contributed by atoms with Gasteiger partial charge in [-0.15, -0.1) is 0 Å². The normalized spacial score (nSPS) is 15.0. The van der Waals surface area contributed by atoms with E-state index in [2.05, 4.69) is 5.32 Å². The van der Waals surface area contributed by atoms with Crippen LogP contribution in [0.1, 0.15) is 12.0 Å². The van der Waals surface area contributed by atoms with Crippen molar-refractivity contribution in [1.29, 1.82) is 0 Å². The maximum atomic E-state index is 12.3. The molecule has 0 fully saturated rings. The van der Waals surface area contributed by atoms with Crippen molar-refractivity contribution >= 4 is 11.9 Å². The van der Waals surface area contributed by atoms with E-state index in [9.17, 15) is 9.59 Å². The Morgan fingerprint density at radius 2 is 2.05 bits per heavy atom. The fourth-order valence-electron chi connectivity index (χ4n) is 2.28. The molecule has 0 unspecified atom stereocenters. The number of carbonyl (C=O) groups excluding carboxylic acids is 2. The summed E-state index contributed by atoms with van der Waals surface area (Å²) in [5.74, 6) is -0.694. The molecule has 1 atom stereocenters. The van der Waals surface area contributed by atoms with Crippen molar-refractivity contribution in [2.45, 2.75) is 18.9 Å². The van der Waals surface area contributed by atoms with Gasteiger partial charge in [0, 0.05) is 25.2 Å². The number of carbonyl (C=O) groups is 2. The highest BCUT2D eigenvalue weighted by atomic mass is 16.5. The molecule has 0 bridgehead atoms. The Hall–Kier alpha value is -2.56. The zero-order valence-electron chi connectivity index (χ0n) is 12.8. The molecule has 1 aromatic rings. The number of esters is 1. The predicted octanol–water partition coefficient (Wildman–Crippen LogP) is 1.62. The summed E-state index contributed by atoms with van der Waals surface area (Å²) in [7, 11) is 3.17. The van der Waals surface area contributed by atoms with Crippen LogP contribution in [0.5, 0.6) is 0 Å². The van der Waals surface area contributed by atoms with Crippen LogP contribution in [0.3, 0.4) is 0 Å². The van der Waals surface area contributed by atoms with Gasteiger partial charge < -0.3 is 15.0 Å². The van der Waals surface area contributed by atoms with Gasteiger partial charge in [0.2, 0.25) is 5.91 Å². The first-order valence-corrected chi connectivity index (χ1v) is 7.12. The average molecular weight is 300 g/mol. The van der Waals surface area contributed by atoms with Crippen molar-refractivity contribution in [1.82, 2.24) is 10.2 Å². The van der Waals surface area contributed by atoms with Crippen molar-refractivity contribution in [2.24, 2.45) is 0 Å². The van der Waals surface area contributed by atoms with E-state index in [4.69, 9.17) is 4.74 Å². The van der Waals surface area contributed by atoms with Crippen LogP contribution in [0.25, 0.3) is 0 Å². The average Bonchev–Trinajstić information content (AvgIpc) is 2.54. The molecule has 0 saturated heterocycles. The van der Waals surface area contributed by atoms with Gasteiger partial charge in [0.25, 0.3) is 0 Å². The van der Waals surface area contributed by atoms with E-state index in [-0.39, 0.29) is 5.91 Å². The zero-order chi connectivity index (χ0) is 15.9. The molecule has 1 N–H and O–H groups in total. The van der Waals surface area contributed by atoms with E-state index < -0.39 is 12.0 Å². The summed E-state index contributed by atoms with van der Waals surface area (Å²) in [5.41, 5.74) is 1.58. The smallest absolute Gasteiger partial charge is 0.328 e. The summed E-state index contributed by atoms with van der Waals surface area (Å²) < 4.78 is 4.80. The van der Waals surface area contributed by atoms with Gasteiger partial charge in [0.15, 0.2) is 0 Å². The summed E-state index contributed by atoms with van der Waals surface area (Å²) in [4.78, 5) is 26.0. The molecule has 1 amide bonds. The van der Waals surface area contributed by atoms with Crippen LogP contribution in [0.2, 0.25) is 0 Å². The highest BCUT2D eigenvalue weighted by Gasteiger charge is 2.23. The largest absolute Gasteiger partial charge is 0.467 e. The fraction of sp³-hybridized carbons (Fsp3) is 0.294. The summed E-state index contributed by atoms with van der Waals surface area (Å²) in [5, 5.41) is 2.76. The Morgan fingerprint density at radius 3 is 2.68 bits per heavy atom. The van der Waals surface area contributed by atoms with Crippen LogP contribution >= 0.6 is 0 Å². The van der Waals surface area contributed by atoms with E-state index in [1.54, 1.807) is 6.20 Å². The minimum absolute atomic E-state index is 0.248. The summed E-state index contributed by atoms with van der Waals surface area (Å²) >= 11 is 0. The number of methoxy groups -OCH3 is 1. The molecule has 0 aliphatic carbocycles. The Balaban J connectivity index is 2.07. The number of rotatable bonds is 5. The van der Waals surface area contributed by atoms with Gasteiger partial charge in [0.1, 0.15) is 6.04 Å². The van der Waals surface area contributed by atoms with Crippen molar-refractivity contribution in [3.8, 4) is 0 Å². The second-order valence-electron chi connectivity index (χ2n) is 5.15. The minimum atomic E-state index is -0.697. The molecule has 1 aliphatic rings. The number of allylic oxidation sites excluding steroid dienone is 1. The zero-order valence-corrected chi connectivity index (χ0v) is 12.8. The van der Waals surface area contributed by atoms with Gasteiger partial charge in [0.05, 0.1) is 7.11 Å². The molecule has 0 radical (unpaired) electrons. The molecule has 1 aliphatic heterocycles. The Morgan fingerprint density at radius 1 is 1.32 bits per heavy atom. The van der Waals surface area contributed by atoms with Gasteiger partial charge in [-0.2, -0.15) is 0 Å². The summed E-state index contributed by atoms with van der Waals surface area (Å²) in [6, 6.07) is 8.84. The third-order valence-electron chi connectivity index (χ3n) is 3.40. The molecule has 2 rings (SSSR count). The van der Waals surface area contributed by atoms with Gasteiger partial charge in [-0.1, -0.05) is 36.4 Å². The first kappa shape index (κ1) is 15.8. The highest BCUT2D eigenvalue weighted by Crippen LogP contribution is 2.12. The lowest BCUT2D eigenvalue weighted by molar-refractivity contribution is -0.144. The minimum Gasteiger partial charge on any atom is -0.467 e. The molecule has 1 heterocycles. The van der Waals surface area contributed by atoms with Crippen molar-refractivity contribution in [2.75, 3.05) is 14.2 Å². The molecule has 0 aromatic heterocycles. The fourth-order valence-corrected chi connectivity index (χ4v) is 2.28. The Bertz CT molecular complexity index is 593. The van der Waals surface area contributed by atoms with E-state index in [1.807, 2.05) is 54.6 Å². The molecule has 5 nitrogen and oxygen atoms in total. The Kier molecular flexibility index (Phi) is 5.36. The van der Waals surface area contributed by atoms with Gasteiger partial charge in [-0.05, 0) is 18.2 Å². The third kappa shape index (κ3) is 4.22. The number of nitrogens with one attached hydrogen (secondary N) is 1. The molecule has 116 valence electrons. The topological polar surface area (TPSA) is 58.6 Å². The van der Waals surface area contributed by atoms with Gasteiger partial charge in [-0.3, -0.25) is 4.79 Å². The monoisotopic (exact) mass is 300 g/mol. The molecule has 22 heavy (non-hydrogen) atoms. The molecular weight excluding hydrogens is 280 g/mol. The van der Waals surface area contributed by atoms with Crippen LogP contribution in [0, 0.1) is 0 Å². The number of hydrogen-bond donors (Lipinski definition) is 1. The van der Waals surface area contributed by atoms with Crippen molar-refractivity contribution in [3.63, 3.8) is 0 Å². The van der Waals surface area contributed by atoms with Gasteiger partial charge in [-0.25, -0.2) is 4.79 Å². The van der Waals surface area contributed by atoms with E-state index in [1.165, 1.54) is 7.11 Å². The van der Waals surface area contributed by atoms with E-state index >= 15 is 0 Å². The number of hydrogen-bond acceptors (Lipinski definition) is 4. The molecule has 0 spiro atoms.